The summed E-state index contributed by atoms with van der Waals surface area (Å²) in [6.45, 7) is 0.918. The fourth-order valence-electron chi connectivity index (χ4n) is 7.50. The highest BCUT2D eigenvalue weighted by Crippen LogP contribution is 2.46. The predicted octanol–water partition coefficient (Wildman–Crippen LogP) is 1.87. The molecular formula is C34H36N2O10. The van der Waals surface area contributed by atoms with E-state index in [0.717, 1.165) is 19.3 Å². The summed E-state index contributed by atoms with van der Waals surface area (Å²) in [5.41, 5.74) is -2.58. The van der Waals surface area contributed by atoms with Crippen molar-refractivity contribution in [3.05, 3.63) is 70.4 Å². The van der Waals surface area contributed by atoms with Gasteiger partial charge in [-0.3, -0.25) is 9.59 Å². The average Bonchev–Trinajstić information content (AvgIpc) is 3.05. The zero-order valence-corrected chi connectivity index (χ0v) is 25.1. The zero-order valence-electron chi connectivity index (χ0n) is 25.1. The average molecular weight is 633 g/mol. The van der Waals surface area contributed by atoms with Crippen LogP contribution in [0.5, 0.6) is 11.5 Å². The number of β-amino-alcohol motifs (C(OH)–C–C–N with tert-alkyl or cyclic N) is 1. The summed E-state index contributed by atoms with van der Waals surface area (Å²) in [4.78, 5) is 32.8. The number of ketones is 2. The van der Waals surface area contributed by atoms with Crippen LogP contribution in [-0.2, 0) is 4.74 Å². The molecule has 2 fully saturated rings. The number of pyridine rings is 1. The van der Waals surface area contributed by atoms with Crippen LogP contribution in [0.2, 0.25) is 0 Å². The van der Waals surface area contributed by atoms with Gasteiger partial charge in [-0.2, -0.15) is 0 Å². The second kappa shape index (κ2) is 11.1. The largest absolute Gasteiger partial charge is 0.507 e. The molecule has 1 saturated carbocycles. The van der Waals surface area contributed by atoms with Crippen LogP contribution in [0.25, 0.3) is 10.8 Å². The third kappa shape index (κ3) is 4.55. The molecule has 0 amide bonds. The van der Waals surface area contributed by atoms with Gasteiger partial charge in [-0.1, -0.05) is 31.4 Å². The van der Waals surface area contributed by atoms with Gasteiger partial charge in [0.1, 0.15) is 41.2 Å². The fourth-order valence-corrected chi connectivity index (χ4v) is 7.50. The Morgan fingerprint density at radius 2 is 1.70 bits per heavy atom. The minimum Gasteiger partial charge on any atom is -0.507 e. The molecule has 242 valence electrons. The van der Waals surface area contributed by atoms with Crippen LogP contribution in [0.3, 0.4) is 0 Å². The Morgan fingerprint density at radius 3 is 2.43 bits per heavy atom. The van der Waals surface area contributed by atoms with Crippen molar-refractivity contribution in [2.24, 2.45) is 5.41 Å². The number of aryl methyl sites for hydroxylation is 1. The van der Waals surface area contributed by atoms with E-state index in [1.807, 2.05) is 0 Å². The number of fused-ring (bicyclic) bond motifs is 7. The molecule has 2 aliphatic heterocycles. The number of hydrogen-bond acceptors (Lipinski definition) is 12. The lowest BCUT2D eigenvalue weighted by atomic mass is 9.69. The van der Waals surface area contributed by atoms with E-state index in [1.165, 1.54) is 30.5 Å². The van der Waals surface area contributed by atoms with E-state index in [-0.39, 0.29) is 40.3 Å². The third-order valence-corrected chi connectivity index (χ3v) is 10.1. The van der Waals surface area contributed by atoms with Gasteiger partial charge in [0, 0.05) is 34.7 Å². The van der Waals surface area contributed by atoms with Gasteiger partial charge in [-0.15, -0.1) is 0 Å². The van der Waals surface area contributed by atoms with Crippen molar-refractivity contribution in [3.8, 4) is 11.5 Å². The highest BCUT2D eigenvalue weighted by Gasteiger charge is 2.54. The Labute approximate surface area is 263 Å². The Balaban J connectivity index is 1.48. The Kier molecular flexibility index (Phi) is 7.42. The summed E-state index contributed by atoms with van der Waals surface area (Å²) in [7, 11) is 0. The summed E-state index contributed by atoms with van der Waals surface area (Å²) >= 11 is 0. The smallest absolute Gasteiger partial charge is 0.229 e. The summed E-state index contributed by atoms with van der Waals surface area (Å²) in [6, 6.07) is 5.93. The van der Waals surface area contributed by atoms with Gasteiger partial charge >= 0.3 is 0 Å². The predicted molar refractivity (Wildman–Crippen MR) is 164 cm³/mol. The molecule has 0 radical (unpaired) electrons. The van der Waals surface area contributed by atoms with Crippen molar-refractivity contribution in [1.82, 2.24) is 4.98 Å². The summed E-state index contributed by atoms with van der Waals surface area (Å²) in [5.74, 6) is -1.55. The maximum Gasteiger partial charge on any atom is 0.229 e. The molecule has 1 aromatic heterocycles. The number of benzene rings is 2. The molecule has 12 nitrogen and oxygen atoms in total. The molecule has 7 rings (SSSR count). The van der Waals surface area contributed by atoms with Gasteiger partial charge < -0.3 is 45.4 Å². The molecule has 3 aromatic rings. The van der Waals surface area contributed by atoms with Crippen molar-refractivity contribution in [3.63, 3.8) is 0 Å². The van der Waals surface area contributed by atoms with Crippen molar-refractivity contribution in [1.29, 1.82) is 0 Å². The molecule has 4 bridgehead atoms. The highest BCUT2D eigenvalue weighted by atomic mass is 16.7. The number of nitrogens with zero attached hydrogens (tertiary/aromatic N) is 1. The second-order valence-electron chi connectivity index (χ2n) is 12.9. The van der Waals surface area contributed by atoms with E-state index in [4.69, 9.17) is 9.47 Å². The maximum absolute atomic E-state index is 14.2. The molecule has 2 aliphatic carbocycles. The first-order valence-corrected chi connectivity index (χ1v) is 15.5. The normalized spacial score (nSPS) is 30.3. The van der Waals surface area contributed by atoms with Crippen LogP contribution in [0.15, 0.2) is 42.6 Å². The first-order valence-electron chi connectivity index (χ1n) is 15.5. The van der Waals surface area contributed by atoms with E-state index in [9.17, 15) is 40.2 Å². The number of hydrogen-bond donors (Lipinski definition) is 7. The van der Waals surface area contributed by atoms with E-state index < -0.39 is 59.9 Å². The highest BCUT2D eigenvalue weighted by molar-refractivity contribution is 6.34. The lowest BCUT2D eigenvalue weighted by Crippen LogP contribution is -2.66. The van der Waals surface area contributed by atoms with Gasteiger partial charge in [0.25, 0.3) is 0 Å². The zero-order chi connectivity index (χ0) is 32.5. The fraction of sp³-hybridized carbons (Fsp3) is 0.441. The lowest BCUT2D eigenvalue weighted by molar-refractivity contribution is -0.304. The SMILES string of the molecule is Cc1cc(O)c2c(c1)C(=O)c1c(c3cc4c(nccc14)NCC(O)C1(C=CC4(CO)OC(O3)C(O)C(O)C4O)CCCCC1)C2=O. The topological polar surface area (TPSA) is 199 Å². The van der Waals surface area contributed by atoms with Crippen molar-refractivity contribution >= 4 is 28.2 Å². The van der Waals surface area contributed by atoms with Gasteiger partial charge in [-0.25, -0.2) is 4.98 Å². The number of carbonyl (C=O) groups is 2. The molecular weight excluding hydrogens is 596 g/mol. The van der Waals surface area contributed by atoms with Crippen molar-refractivity contribution in [2.45, 2.75) is 75.3 Å². The van der Waals surface area contributed by atoms with Crippen LogP contribution in [0.4, 0.5) is 5.82 Å². The van der Waals surface area contributed by atoms with Gasteiger partial charge in [-0.05, 0) is 55.0 Å². The Morgan fingerprint density at radius 1 is 0.935 bits per heavy atom. The maximum atomic E-state index is 14.2. The quantitative estimate of drug-likeness (QED) is 0.151. The summed E-state index contributed by atoms with van der Waals surface area (Å²) in [5, 5.41) is 70.2. The summed E-state index contributed by atoms with van der Waals surface area (Å²) < 4.78 is 12.2. The minimum atomic E-state index is -1.96. The number of rotatable bonds is 1. The van der Waals surface area contributed by atoms with Crippen LogP contribution in [0.1, 0.15) is 69.5 Å². The van der Waals surface area contributed by atoms with E-state index in [0.29, 0.717) is 35.0 Å². The van der Waals surface area contributed by atoms with Crippen LogP contribution in [-0.4, -0.2) is 96.6 Å². The molecule has 7 N–H and O–H groups in total. The number of aromatic hydroxyl groups is 1. The van der Waals surface area contributed by atoms with E-state index >= 15 is 0 Å². The number of phenolic OH excluding ortho intramolecular Hbond substituents is 1. The molecule has 1 spiro atoms. The monoisotopic (exact) mass is 632 g/mol. The van der Waals surface area contributed by atoms with Gasteiger partial charge in [0.15, 0.2) is 5.78 Å². The number of nitrogens with one attached hydrogen (secondary N) is 1. The molecule has 6 unspecified atom stereocenters. The van der Waals surface area contributed by atoms with Gasteiger partial charge in [0.2, 0.25) is 12.1 Å². The number of aliphatic hydroxyl groups excluding tert-OH is 5. The minimum absolute atomic E-state index is 0.0146. The standard InChI is InChI=1S/C34H36N2O10/c1-16-11-19-23(20(38)12-16)27(41)25-21-13-18-17(24(25)26(19)40)5-10-35-31(18)36-14-22(39)33(6-3-2-4-7-33)8-9-34(15-37)30(44)28(42)29(43)32(45-21)46-34/h5,8-13,22,28-30,32,37-39,42-44H,2-4,6-7,14-15H2,1H3,(H,35,36). The van der Waals surface area contributed by atoms with Gasteiger partial charge in [0.05, 0.1) is 23.8 Å². The molecule has 6 atom stereocenters. The lowest BCUT2D eigenvalue weighted by Gasteiger charge is -2.47. The third-order valence-electron chi connectivity index (χ3n) is 10.1. The Hall–Kier alpha value is -3.91. The molecule has 3 heterocycles. The number of anilines is 1. The Bertz CT molecular complexity index is 1780. The molecule has 46 heavy (non-hydrogen) atoms. The van der Waals surface area contributed by atoms with Crippen LogP contribution >= 0.6 is 0 Å². The second-order valence-corrected chi connectivity index (χ2v) is 12.9. The first kappa shape index (κ1) is 30.7. The molecule has 2 aromatic carbocycles. The number of aliphatic hydroxyl groups is 5. The number of carbonyl (C=O) groups excluding carboxylic acids is 2. The van der Waals surface area contributed by atoms with Crippen molar-refractivity contribution in [2.75, 3.05) is 18.5 Å². The molecule has 12 heteroatoms. The van der Waals surface area contributed by atoms with Crippen LogP contribution in [0, 0.1) is 12.3 Å². The first-order chi connectivity index (χ1) is 22.0. The van der Waals surface area contributed by atoms with E-state index in [2.05, 4.69) is 10.3 Å². The number of ether oxygens (including phenoxy) is 2. The molecule has 4 aliphatic rings. The van der Waals surface area contributed by atoms with Crippen LogP contribution < -0.4 is 10.1 Å². The van der Waals surface area contributed by atoms with Crippen molar-refractivity contribution < 1.29 is 49.7 Å². The number of aromatic nitrogens is 1. The number of phenols is 1. The summed E-state index contributed by atoms with van der Waals surface area (Å²) in [6.07, 6.45) is 0.293. The van der Waals surface area contributed by atoms with E-state index in [1.54, 1.807) is 19.1 Å². The molecule has 1 saturated heterocycles.